The molecule has 0 aliphatic rings. The molecule has 0 spiro atoms. The number of para-hydroxylation sites is 1. The Hall–Kier alpha value is -2.53. The van der Waals surface area contributed by atoms with Crippen molar-refractivity contribution in [3.05, 3.63) is 65.2 Å². The summed E-state index contributed by atoms with van der Waals surface area (Å²) >= 11 is 5.95. The number of rotatable bonds is 10. The molecular weight excluding hydrogens is 376 g/mol. The molecule has 5 nitrogen and oxygen atoms in total. The summed E-state index contributed by atoms with van der Waals surface area (Å²) in [5.74, 6) is 0.553. The Morgan fingerprint density at radius 3 is 2.39 bits per heavy atom. The predicted octanol–water partition coefficient (Wildman–Crippen LogP) is 4.05. The normalized spacial score (nSPS) is 11.5. The van der Waals surface area contributed by atoms with E-state index >= 15 is 0 Å². The maximum atomic E-state index is 12.9. The average molecular weight is 403 g/mol. The van der Waals surface area contributed by atoms with Gasteiger partial charge in [-0.15, -0.1) is 0 Å². The van der Waals surface area contributed by atoms with Gasteiger partial charge in [-0.1, -0.05) is 48.9 Å². The number of nitrogens with zero attached hydrogens (tertiary/aromatic N) is 1. The summed E-state index contributed by atoms with van der Waals surface area (Å²) < 4.78 is 5.66. The van der Waals surface area contributed by atoms with Crippen LogP contribution in [0.2, 0.25) is 5.02 Å². The molecule has 0 unspecified atom stereocenters. The van der Waals surface area contributed by atoms with E-state index < -0.39 is 6.04 Å². The summed E-state index contributed by atoms with van der Waals surface area (Å²) in [6.07, 6.45) is 1.43. The van der Waals surface area contributed by atoms with Crippen LogP contribution in [0.25, 0.3) is 0 Å². The first kappa shape index (κ1) is 21.8. The van der Waals surface area contributed by atoms with Crippen molar-refractivity contribution in [2.75, 3.05) is 13.7 Å². The molecule has 0 heterocycles. The van der Waals surface area contributed by atoms with E-state index in [4.69, 9.17) is 16.3 Å². The van der Waals surface area contributed by atoms with Crippen molar-refractivity contribution in [2.45, 2.75) is 38.8 Å². The third-order valence-electron chi connectivity index (χ3n) is 4.45. The van der Waals surface area contributed by atoms with Gasteiger partial charge in [0.2, 0.25) is 11.8 Å². The minimum Gasteiger partial charge on any atom is -0.494 e. The van der Waals surface area contributed by atoms with Crippen LogP contribution >= 0.6 is 11.6 Å². The lowest BCUT2D eigenvalue weighted by Gasteiger charge is -2.30. The lowest BCUT2D eigenvalue weighted by Crippen LogP contribution is -2.48. The molecule has 0 saturated carbocycles. The number of halogens is 1. The number of likely N-dealkylation sites (N-methyl/N-ethyl adjacent to an activating group) is 1. The lowest BCUT2D eigenvalue weighted by molar-refractivity contribution is -0.141. The summed E-state index contributed by atoms with van der Waals surface area (Å²) in [7, 11) is 1.59. The molecule has 1 N–H and O–H groups in total. The van der Waals surface area contributed by atoms with Gasteiger partial charge in [0, 0.05) is 25.0 Å². The van der Waals surface area contributed by atoms with Gasteiger partial charge in [-0.25, -0.2) is 0 Å². The van der Waals surface area contributed by atoms with Gasteiger partial charge in [0.25, 0.3) is 0 Å². The van der Waals surface area contributed by atoms with Crippen molar-refractivity contribution in [1.29, 1.82) is 0 Å². The van der Waals surface area contributed by atoms with Crippen molar-refractivity contribution in [2.24, 2.45) is 0 Å². The van der Waals surface area contributed by atoms with Crippen LogP contribution in [0.3, 0.4) is 0 Å². The fourth-order valence-electron chi connectivity index (χ4n) is 2.95. The Morgan fingerprint density at radius 2 is 1.79 bits per heavy atom. The number of ether oxygens (including phenoxy) is 1. The van der Waals surface area contributed by atoms with Crippen molar-refractivity contribution >= 4 is 23.4 Å². The number of carbonyl (C=O) groups excluding carboxylic acids is 2. The van der Waals surface area contributed by atoms with Gasteiger partial charge >= 0.3 is 0 Å². The zero-order valence-corrected chi connectivity index (χ0v) is 17.1. The highest BCUT2D eigenvalue weighted by Crippen LogP contribution is 2.17. The zero-order chi connectivity index (χ0) is 20.4. The molecule has 0 saturated heterocycles. The van der Waals surface area contributed by atoms with E-state index in [0.717, 1.165) is 11.3 Å². The second-order valence-electron chi connectivity index (χ2n) is 6.45. The highest BCUT2D eigenvalue weighted by atomic mass is 35.5. The van der Waals surface area contributed by atoms with Crippen LogP contribution in [0.5, 0.6) is 5.75 Å². The average Bonchev–Trinajstić information content (AvgIpc) is 2.72. The Balaban J connectivity index is 2.00. The van der Waals surface area contributed by atoms with Crippen LogP contribution in [0.1, 0.15) is 31.7 Å². The van der Waals surface area contributed by atoms with Crippen LogP contribution in [0.15, 0.2) is 54.6 Å². The minimum atomic E-state index is -0.511. The maximum Gasteiger partial charge on any atom is 0.242 e. The highest BCUT2D eigenvalue weighted by molar-refractivity contribution is 6.30. The first-order chi connectivity index (χ1) is 13.5. The summed E-state index contributed by atoms with van der Waals surface area (Å²) in [4.78, 5) is 26.9. The molecule has 2 rings (SSSR count). The molecule has 2 amide bonds. The van der Waals surface area contributed by atoms with Crippen LogP contribution < -0.4 is 10.1 Å². The Morgan fingerprint density at radius 1 is 1.11 bits per heavy atom. The van der Waals surface area contributed by atoms with Crippen molar-refractivity contribution < 1.29 is 14.3 Å². The molecule has 2 aromatic carbocycles. The van der Waals surface area contributed by atoms with Gasteiger partial charge < -0.3 is 15.0 Å². The molecule has 28 heavy (non-hydrogen) atoms. The SMILES string of the molecule is CC[C@H](C(=O)NC)N(Cc1ccc(Cl)cc1)C(=O)CCCOc1ccccc1. The van der Waals surface area contributed by atoms with E-state index in [9.17, 15) is 9.59 Å². The quantitative estimate of drug-likeness (QED) is 0.610. The third kappa shape index (κ3) is 6.57. The van der Waals surface area contributed by atoms with Crippen molar-refractivity contribution in [3.8, 4) is 5.75 Å². The summed E-state index contributed by atoms with van der Waals surface area (Å²) in [6, 6.07) is 16.3. The second kappa shape index (κ2) is 11.3. The molecule has 1 atom stereocenters. The third-order valence-corrected chi connectivity index (χ3v) is 4.70. The van der Waals surface area contributed by atoms with Crippen molar-refractivity contribution in [3.63, 3.8) is 0 Å². The Labute approximate surface area is 171 Å². The molecule has 0 bridgehead atoms. The summed E-state index contributed by atoms with van der Waals surface area (Å²) in [6.45, 7) is 2.71. The van der Waals surface area contributed by atoms with E-state index in [1.54, 1.807) is 24.1 Å². The predicted molar refractivity (Wildman–Crippen MR) is 111 cm³/mol. The largest absolute Gasteiger partial charge is 0.494 e. The summed E-state index contributed by atoms with van der Waals surface area (Å²) in [5.41, 5.74) is 0.931. The monoisotopic (exact) mass is 402 g/mol. The number of benzene rings is 2. The van der Waals surface area contributed by atoms with Crippen LogP contribution in [-0.4, -0.2) is 36.4 Å². The van der Waals surface area contributed by atoms with E-state index in [1.807, 2.05) is 49.4 Å². The molecule has 0 aliphatic heterocycles. The molecule has 0 aromatic heterocycles. The van der Waals surface area contributed by atoms with Gasteiger partial charge in [-0.05, 0) is 42.7 Å². The topological polar surface area (TPSA) is 58.6 Å². The van der Waals surface area contributed by atoms with Gasteiger partial charge in [0.1, 0.15) is 11.8 Å². The lowest BCUT2D eigenvalue weighted by atomic mass is 10.1. The fraction of sp³-hybridized carbons (Fsp3) is 0.364. The van der Waals surface area contributed by atoms with Gasteiger partial charge in [0.05, 0.1) is 6.61 Å². The zero-order valence-electron chi connectivity index (χ0n) is 16.4. The number of nitrogens with one attached hydrogen (secondary N) is 1. The standard InChI is InChI=1S/C22H27ClN2O3/c1-3-20(22(27)24-2)25(16-17-11-13-18(23)14-12-17)21(26)10-7-15-28-19-8-5-4-6-9-19/h4-6,8-9,11-14,20H,3,7,10,15-16H2,1-2H3,(H,24,27)/t20-/m1/s1. The first-order valence-corrected chi connectivity index (χ1v) is 9.86. The fourth-order valence-corrected chi connectivity index (χ4v) is 3.07. The van der Waals surface area contributed by atoms with E-state index in [0.29, 0.717) is 37.4 Å². The molecule has 6 heteroatoms. The molecule has 150 valence electrons. The van der Waals surface area contributed by atoms with E-state index in [1.165, 1.54) is 0 Å². The van der Waals surface area contributed by atoms with Gasteiger partial charge in [-0.3, -0.25) is 9.59 Å². The van der Waals surface area contributed by atoms with E-state index in [-0.39, 0.29) is 11.8 Å². The molecular formula is C22H27ClN2O3. The smallest absolute Gasteiger partial charge is 0.242 e. The van der Waals surface area contributed by atoms with E-state index in [2.05, 4.69) is 5.32 Å². The molecule has 0 fully saturated rings. The number of hydrogen-bond donors (Lipinski definition) is 1. The van der Waals surface area contributed by atoms with Crippen LogP contribution in [-0.2, 0) is 16.1 Å². The number of hydrogen-bond acceptors (Lipinski definition) is 3. The van der Waals surface area contributed by atoms with Gasteiger partial charge in [-0.2, -0.15) is 0 Å². The van der Waals surface area contributed by atoms with Crippen LogP contribution in [0, 0.1) is 0 Å². The molecule has 0 radical (unpaired) electrons. The van der Waals surface area contributed by atoms with Crippen molar-refractivity contribution in [1.82, 2.24) is 10.2 Å². The summed E-state index contributed by atoms with van der Waals surface area (Å²) in [5, 5.41) is 3.29. The molecule has 0 aliphatic carbocycles. The Bertz CT molecular complexity index is 750. The Kier molecular flexibility index (Phi) is 8.82. The number of carbonyl (C=O) groups is 2. The minimum absolute atomic E-state index is 0.0675. The second-order valence-corrected chi connectivity index (χ2v) is 6.89. The number of amides is 2. The van der Waals surface area contributed by atoms with Crippen LogP contribution in [0.4, 0.5) is 0 Å². The van der Waals surface area contributed by atoms with Gasteiger partial charge in [0.15, 0.2) is 0 Å². The first-order valence-electron chi connectivity index (χ1n) is 9.48. The highest BCUT2D eigenvalue weighted by Gasteiger charge is 2.27. The maximum absolute atomic E-state index is 12.9. The molecule has 2 aromatic rings.